The second-order valence-electron chi connectivity index (χ2n) is 8.59. The number of piperidine rings is 1. The normalized spacial score (nSPS) is 18.1. The van der Waals surface area contributed by atoms with E-state index in [1.165, 1.54) is 21.9 Å². The number of fused-ring (bicyclic) bond motifs is 1. The van der Waals surface area contributed by atoms with Gasteiger partial charge in [0.1, 0.15) is 0 Å². The second kappa shape index (κ2) is 8.52. The summed E-state index contributed by atoms with van der Waals surface area (Å²) in [6.07, 6.45) is 5.55. The minimum absolute atomic E-state index is 0.0116. The first-order chi connectivity index (χ1) is 14.4. The molecule has 0 aromatic heterocycles. The van der Waals surface area contributed by atoms with Gasteiger partial charge in [-0.15, -0.1) is 0 Å². The standard InChI is InChI=1S/C24H30N2O3S/c1-17-10-11-23(18(2)16-17)30(28,29)26-14-12-20(13-15-26)24(27)25-22-9-5-7-19-6-3-4-8-21(19)22/h5,7,9-11,16,20H,3-4,6,8,12-15H2,1-2H3,(H,25,27). The van der Waals surface area contributed by atoms with E-state index >= 15 is 0 Å². The number of benzene rings is 2. The van der Waals surface area contributed by atoms with E-state index in [-0.39, 0.29) is 11.8 Å². The summed E-state index contributed by atoms with van der Waals surface area (Å²) in [5, 5.41) is 3.13. The zero-order valence-electron chi connectivity index (χ0n) is 17.8. The average molecular weight is 427 g/mol. The van der Waals surface area contributed by atoms with Crippen molar-refractivity contribution < 1.29 is 13.2 Å². The summed E-state index contributed by atoms with van der Waals surface area (Å²) in [4.78, 5) is 13.3. The average Bonchev–Trinajstić information content (AvgIpc) is 2.74. The van der Waals surface area contributed by atoms with Gasteiger partial charge in [-0.25, -0.2) is 8.42 Å². The summed E-state index contributed by atoms with van der Waals surface area (Å²) in [6.45, 7) is 4.54. The molecule has 5 nitrogen and oxygen atoms in total. The van der Waals surface area contributed by atoms with Crippen molar-refractivity contribution in [1.29, 1.82) is 0 Å². The highest BCUT2D eigenvalue weighted by Gasteiger charge is 2.33. The molecule has 30 heavy (non-hydrogen) atoms. The number of nitrogens with one attached hydrogen (secondary N) is 1. The molecule has 0 saturated carbocycles. The highest BCUT2D eigenvalue weighted by Crippen LogP contribution is 2.30. The van der Waals surface area contributed by atoms with Crippen LogP contribution in [-0.4, -0.2) is 31.7 Å². The Hall–Kier alpha value is -2.18. The number of carbonyl (C=O) groups is 1. The number of anilines is 1. The molecular weight excluding hydrogens is 396 g/mol. The van der Waals surface area contributed by atoms with Crippen molar-refractivity contribution in [2.75, 3.05) is 18.4 Å². The Bertz CT molecular complexity index is 1050. The van der Waals surface area contributed by atoms with Crippen LogP contribution in [-0.2, 0) is 27.7 Å². The largest absolute Gasteiger partial charge is 0.326 e. The third-order valence-corrected chi connectivity index (χ3v) is 8.49. The molecule has 0 spiro atoms. The van der Waals surface area contributed by atoms with Crippen LogP contribution in [0.5, 0.6) is 0 Å². The summed E-state index contributed by atoms with van der Waals surface area (Å²) in [5.74, 6) is -0.146. The van der Waals surface area contributed by atoms with Crippen molar-refractivity contribution in [1.82, 2.24) is 4.31 Å². The van der Waals surface area contributed by atoms with Crippen LogP contribution in [0.2, 0.25) is 0 Å². The number of hydrogen-bond acceptors (Lipinski definition) is 3. The van der Waals surface area contributed by atoms with Crippen LogP contribution in [0.4, 0.5) is 5.69 Å². The quantitative estimate of drug-likeness (QED) is 0.796. The Morgan fingerprint density at radius 3 is 2.50 bits per heavy atom. The van der Waals surface area contributed by atoms with E-state index < -0.39 is 10.0 Å². The monoisotopic (exact) mass is 426 g/mol. The predicted octanol–water partition coefficient (Wildman–Crippen LogP) is 4.22. The number of rotatable bonds is 4. The summed E-state index contributed by atoms with van der Waals surface area (Å²) >= 11 is 0. The number of hydrogen-bond donors (Lipinski definition) is 1. The minimum Gasteiger partial charge on any atom is -0.326 e. The molecule has 1 N–H and O–H groups in total. The maximum absolute atomic E-state index is 13.1. The third kappa shape index (κ3) is 4.16. The van der Waals surface area contributed by atoms with E-state index in [1.54, 1.807) is 6.07 Å². The molecule has 0 atom stereocenters. The van der Waals surface area contributed by atoms with Gasteiger partial charge in [0, 0.05) is 24.7 Å². The number of carbonyl (C=O) groups excluding carboxylic acids is 1. The molecular formula is C24H30N2O3S. The molecule has 1 amide bonds. The molecule has 1 saturated heterocycles. The Balaban J connectivity index is 1.41. The highest BCUT2D eigenvalue weighted by molar-refractivity contribution is 7.89. The van der Waals surface area contributed by atoms with Crippen LogP contribution >= 0.6 is 0 Å². The highest BCUT2D eigenvalue weighted by atomic mass is 32.2. The summed E-state index contributed by atoms with van der Waals surface area (Å²) in [6, 6.07) is 11.6. The number of nitrogens with zero attached hydrogens (tertiary/aromatic N) is 1. The van der Waals surface area contributed by atoms with E-state index in [0.29, 0.717) is 30.8 Å². The zero-order chi connectivity index (χ0) is 21.3. The number of amides is 1. The van der Waals surface area contributed by atoms with Gasteiger partial charge in [-0.2, -0.15) is 4.31 Å². The molecule has 2 aromatic rings. The van der Waals surface area contributed by atoms with E-state index in [9.17, 15) is 13.2 Å². The van der Waals surface area contributed by atoms with Crippen LogP contribution in [0.25, 0.3) is 0 Å². The molecule has 0 unspecified atom stereocenters. The number of aryl methyl sites for hydroxylation is 3. The summed E-state index contributed by atoms with van der Waals surface area (Å²) < 4.78 is 27.7. The molecule has 6 heteroatoms. The van der Waals surface area contributed by atoms with Gasteiger partial charge in [0.2, 0.25) is 15.9 Å². The van der Waals surface area contributed by atoms with Crippen molar-refractivity contribution in [2.24, 2.45) is 5.92 Å². The Kier molecular flexibility index (Phi) is 5.98. The minimum atomic E-state index is -3.53. The lowest BCUT2D eigenvalue weighted by molar-refractivity contribution is -0.120. The molecule has 1 fully saturated rings. The summed E-state index contributed by atoms with van der Waals surface area (Å²) in [5.41, 5.74) is 5.36. The molecule has 0 radical (unpaired) electrons. The lowest BCUT2D eigenvalue weighted by Gasteiger charge is -2.31. The topological polar surface area (TPSA) is 66.5 Å². The van der Waals surface area contributed by atoms with E-state index in [0.717, 1.165) is 36.1 Å². The maximum Gasteiger partial charge on any atom is 0.243 e. The van der Waals surface area contributed by atoms with Crippen molar-refractivity contribution in [3.05, 3.63) is 58.7 Å². The van der Waals surface area contributed by atoms with Crippen molar-refractivity contribution >= 4 is 21.6 Å². The number of sulfonamides is 1. The van der Waals surface area contributed by atoms with Crippen LogP contribution in [0, 0.1) is 19.8 Å². The van der Waals surface area contributed by atoms with Crippen molar-refractivity contribution in [3.8, 4) is 0 Å². The molecule has 1 aliphatic carbocycles. The van der Waals surface area contributed by atoms with Gasteiger partial charge in [0.15, 0.2) is 0 Å². The van der Waals surface area contributed by atoms with Crippen LogP contribution < -0.4 is 5.32 Å². The van der Waals surface area contributed by atoms with Gasteiger partial charge >= 0.3 is 0 Å². The third-order valence-electron chi connectivity index (χ3n) is 6.43. The fourth-order valence-corrected chi connectivity index (χ4v) is 6.39. The van der Waals surface area contributed by atoms with Gasteiger partial charge in [-0.3, -0.25) is 4.79 Å². The van der Waals surface area contributed by atoms with Gasteiger partial charge < -0.3 is 5.32 Å². The lowest BCUT2D eigenvalue weighted by atomic mass is 9.90. The fourth-order valence-electron chi connectivity index (χ4n) is 4.72. The van der Waals surface area contributed by atoms with Gasteiger partial charge in [-0.05, 0) is 81.2 Å². The molecule has 2 aromatic carbocycles. The van der Waals surface area contributed by atoms with Crippen LogP contribution in [0.15, 0.2) is 41.3 Å². The first-order valence-electron chi connectivity index (χ1n) is 10.9. The molecule has 0 bridgehead atoms. The van der Waals surface area contributed by atoms with Crippen molar-refractivity contribution in [2.45, 2.75) is 57.3 Å². The van der Waals surface area contributed by atoms with Gasteiger partial charge in [0.25, 0.3) is 0 Å². The van der Waals surface area contributed by atoms with E-state index in [4.69, 9.17) is 0 Å². The molecule has 4 rings (SSSR count). The molecule has 1 aliphatic heterocycles. The first kappa shape index (κ1) is 21.1. The smallest absolute Gasteiger partial charge is 0.243 e. The Morgan fingerprint density at radius 2 is 1.77 bits per heavy atom. The SMILES string of the molecule is Cc1ccc(S(=O)(=O)N2CCC(C(=O)Nc3cccc4c3CCCC4)CC2)c(C)c1. The Morgan fingerprint density at radius 1 is 1.03 bits per heavy atom. The van der Waals surface area contributed by atoms with E-state index in [1.807, 2.05) is 38.1 Å². The van der Waals surface area contributed by atoms with Crippen molar-refractivity contribution in [3.63, 3.8) is 0 Å². The second-order valence-corrected chi connectivity index (χ2v) is 10.5. The molecule has 1 heterocycles. The maximum atomic E-state index is 13.1. The summed E-state index contributed by atoms with van der Waals surface area (Å²) in [7, 11) is -3.53. The fraction of sp³-hybridized carbons (Fsp3) is 0.458. The van der Waals surface area contributed by atoms with E-state index in [2.05, 4.69) is 11.4 Å². The Labute approximate surface area is 179 Å². The molecule has 2 aliphatic rings. The van der Waals surface area contributed by atoms with Gasteiger partial charge in [0.05, 0.1) is 4.90 Å². The first-order valence-corrected chi connectivity index (χ1v) is 12.3. The van der Waals surface area contributed by atoms with Gasteiger partial charge in [-0.1, -0.05) is 29.8 Å². The molecule has 160 valence electrons. The zero-order valence-corrected chi connectivity index (χ0v) is 18.6. The lowest BCUT2D eigenvalue weighted by Crippen LogP contribution is -2.41. The predicted molar refractivity (Wildman–Crippen MR) is 119 cm³/mol. The van der Waals surface area contributed by atoms with Crippen LogP contribution in [0.1, 0.15) is 47.9 Å². The van der Waals surface area contributed by atoms with Crippen LogP contribution in [0.3, 0.4) is 0 Å².